The number of alkyl halides is 7. The number of carbonyl (C=O) groups is 1. The van der Waals surface area contributed by atoms with Gasteiger partial charge in [0.15, 0.2) is 6.17 Å². The molecule has 2 nitrogen and oxygen atoms in total. The fourth-order valence-corrected chi connectivity index (χ4v) is 0.896. The lowest BCUT2D eigenvalue weighted by atomic mass is 10.3. The molecule has 0 fully saturated rings. The van der Waals surface area contributed by atoms with Gasteiger partial charge in [0.25, 0.3) is 5.91 Å². The highest BCUT2D eigenvalue weighted by Gasteiger charge is 2.40. The standard InChI is InChI=1S/C7H8F7NO/c1-4(8)5(16)15(2-6(9,10)11)3-7(12,13)14/h4H,2-3H2,1H3. The zero-order valence-electron chi connectivity index (χ0n) is 7.99. The van der Waals surface area contributed by atoms with Gasteiger partial charge in [0.2, 0.25) is 0 Å². The first-order valence-corrected chi connectivity index (χ1v) is 3.99. The van der Waals surface area contributed by atoms with Crippen LogP contribution in [-0.2, 0) is 4.79 Å². The number of carbonyl (C=O) groups excluding carboxylic acids is 1. The molecule has 0 saturated carbocycles. The fourth-order valence-electron chi connectivity index (χ4n) is 0.896. The molecule has 0 aliphatic heterocycles. The summed E-state index contributed by atoms with van der Waals surface area (Å²) in [7, 11) is 0. The maximum absolute atomic E-state index is 12.4. The topological polar surface area (TPSA) is 20.3 Å². The van der Waals surface area contributed by atoms with Gasteiger partial charge in [-0.25, -0.2) is 4.39 Å². The van der Waals surface area contributed by atoms with Gasteiger partial charge in [0.05, 0.1) is 0 Å². The Morgan fingerprint density at radius 2 is 1.38 bits per heavy atom. The summed E-state index contributed by atoms with van der Waals surface area (Å²) in [6, 6.07) is 0. The molecule has 0 saturated heterocycles. The van der Waals surface area contributed by atoms with Crippen LogP contribution in [0, 0.1) is 0 Å². The maximum atomic E-state index is 12.4. The van der Waals surface area contributed by atoms with Crippen LogP contribution < -0.4 is 0 Å². The van der Waals surface area contributed by atoms with E-state index in [-0.39, 0.29) is 0 Å². The van der Waals surface area contributed by atoms with E-state index in [2.05, 4.69) is 0 Å². The molecule has 0 aliphatic carbocycles. The van der Waals surface area contributed by atoms with E-state index in [1.54, 1.807) is 0 Å². The van der Waals surface area contributed by atoms with Crippen molar-refractivity contribution in [3.63, 3.8) is 0 Å². The van der Waals surface area contributed by atoms with E-state index in [4.69, 9.17) is 0 Å². The summed E-state index contributed by atoms with van der Waals surface area (Å²) >= 11 is 0. The highest BCUT2D eigenvalue weighted by Crippen LogP contribution is 2.22. The van der Waals surface area contributed by atoms with Crippen molar-refractivity contribution in [2.24, 2.45) is 0 Å². The van der Waals surface area contributed by atoms with E-state index < -0.39 is 42.4 Å². The molecule has 96 valence electrons. The van der Waals surface area contributed by atoms with Crippen molar-refractivity contribution >= 4 is 5.91 Å². The minimum atomic E-state index is -5.00. The summed E-state index contributed by atoms with van der Waals surface area (Å²) in [6.45, 7) is -3.68. The molecule has 9 heteroatoms. The Morgan fingerprint density at radius 3 is 1.56 bits per heavy atom. The number of rotatable bonds is 3. The van der Waals surface area contributed by atoms with Crippen LogP contribution in [0.3, 0.4) is 0 Å². The van der Waals surface area contributed by atoms with Crippen molar-refractivity contribution in [3.8, 4) is 0 Å². The van der Waals surface area contributed by atoms with Gasteiger partial charge in [-0.05, 0) is 6.92 Å². The molecule has 0 heterocycles. The van der Waals surface area contributed by atoms with Crippen molar-refractivity contribution in [2.75, 3.05) is 13.1 Å². The van der Waals surface area contributed by atoms with Crippen molar-refractivity contribution in [2.45, 2.75) is 25.4 Å². The normalized spacial score (nSPS) is 14.8. The van der Waals surface area contributed by atoms with E-state index in [0.29, 0.717) is 6.92 Å². The van der Waals surface area contributed by atoms with Crippen LogP contribution >= 0.6 is 0 Å². The van der Waals surface area contributed by atoms with Crippen molar-refractivity contribution < 1.29 is 35.5 Å². The molecule has 0 N–H and O–H groups in total. The van der Waals surface area contributed by atoms with Crippen molar-refractivity contribution in [3.05, 3.63) is 0 Å². The molecule has 0 aromatic rings. The lowest BCUT2D eigenvalue weighted by Gasteiger charge is -2.25. The van der Waals surface area contributed by atoms with Crippen LogP contribution in [0.1, 0.15) is 6.92 Å². The molecule has 1 atom stereocenters. The molecule has 0 aromatic heterocycles. The summed E-state index contributed by atoms with van der Waals surface area (Å²) in [5, 5.41) is 0. The third-order valence-electron chi connectivity index (χ3n) is 1.39. The molecule has 1 amide bonds. The molecule has 1 unspecified atom stereocenters. The third kappa shape index (κ3) is 6.46. The molecule has 0 aliphatic rings. The minimum Gasteiger partial charge on any atom is -0.322 e. The van der Waals surface area contributed by atoms with Gasteiger partial charge >= 0.3 is 12.4 Å². The lowest BCUT2D eigenvalue weighted by Crippen LogP contribution is -2.46. The van der Waals surface area contributed by atoms with E-state index in [1.165, 1.54) is 0 Å². The Labute approximate surface area is 86.0 Å². The third-order valence-corrected chi connectivity index (χ3v) is 1.39. The average molecular weight is 255 g/mol. The second-order valence-electron chi connectivity index (χ2n) is 3.04. The summed E-state index contributed by atoms with van der Waals surface area (Å²) in [6.07, 6.45) is -12.4. The van der Waals surface area contributed by atoms with Gasteiger partial charge in [0, 0.05) is 0 Å². The molecule has 0 aromatic carbocycles. The molecular formula is C7H8F7NO. The monoisotopic (exact) mass is 255 g/mol. The summed E-state index contributed by atoms with van der Waals surface area (Å²) in [5.74, 6) is -1.84. The number of amides is 1. The van der Waals surface area contributed by atoms with Gasteiger partial charge in [-0.3, -0.25) is 4.79 Å². The first kappa shape index (κ1) is 15.0. The van der Waals surface area contributed by atoms with Gasteiger partial charge < -0.3 is 4.90 Å². The Kier molecular flexibility index (Phi) is 4.56. The van der Waals surface area contributed by atoms with Crippen LogP contribution in [0.2, 0.25) is 0 Å². The van der Waals surface area contributed by atoms with Gasteiger partial charge in [-0.1, -0.05) is 0 Å². The molecule has 0 spiro atoms. The van der Waals surface area contributed by atoms with E-state index >= 15 is 0 Å². The quantitative estimate of drug-likeness (QED) is 0.708. The predicted molar refractivity (Wildman–Crippen MR) is 39.3 cm³/mol. The summed E-state index contributed by atoms with van der Waals surface area (Å²) < 4.78 is 83.3. The van der Waals surface area contributed by atoms with Crippen molar-refractivity contribution in [1.29, 1.82) is 0 Å². The summed E-state index contributed by atoms with van der Waals surface area (Å²) in [5.41, 5.74) is 0. The van der Waals surface area contributed by atoms with Crippen LogP contribution in [0.4, 0.5) is 30.7 Å². The zero-order valence-corrected chi connectivity index (χ0v) is 7.99. The molecule has 16 heavy (non-hydrogen) atoms. The molecule has 0 radical (unpaired) electrons. The molecular weight excluding hydrogens is 247 g/mol. The number of nitrogens with zero attached hydrogens (tertiary/aromatic N) is 1. The Hall–Kier alpha value is -1.02. The van der Waals surface area contributed by atoms with Crippen molar-refractivity contribution in [1.82, 2.24) is 4.90 Å². The lowest BCUT2D eigenvalue weighted by molar-refractivity contribution is -0.189. The minimum absolute atomic E-state index is 0.572. The number of halogens is 7. The second-order valence-corrected chi connectivity index (χ2v) is 3.04. The molecule has 0 rings (SSSR count). The van der Waals surface area contributed by atoms with Crippen LogP contribution in [0.5, 0.6) is 0 Å². The van der Waals surface area contributed by atoms with Gasteiger partial charge in [0.1, 0.15) is 13.1 Å². The van der Waals surface area contributed by atoms with Crippen LogP contribution in [0.15, 0.2) is 0 Å². The van der Waals surface area contributed by atoms with Crippen LogP contribution in [0.25, 0.3) is 0 Å². The Morgan fingerprint density at radius 1 is 1.06 bits per heavy atom. The largest absolute Gasteiger partial charge is 0.406 e. The highest BCUT2D eigenvalue weighted by molar-refractivity contribution is 5.80. The first-order chi connectivity index (χ1) is 6.92. The van der Waals surface area contributed by atoms with Gasteiger partial charge in [-0.2, -0.15) is 26.3 Å². The van der Waals surface area contributed by atoms with Crippen LogP contribution in [-0.4, -0.2) is 42.4 Å². The fraction of sp³-hybridized carbons (Fsp3) is 0.857. The van der Waals surface area contributed by atoms with E-state index in [9.17, 15) is 35.5 Å². The highest BCUT2D eigenvalue weighted by atomic mass is 19.4. The predicted octanol–water partition coefficient (Wildman–Crippen LogP) is 2.30. The number of hydrogen-bond donors (Lipinski definition) is 0. The Balaban J connectivity index is 4.71. The van der Waals surface area contributed by atoms with E-state index in [1.807, 2.05) is 0 Å². The average Bonchev–Trinajstić information content (AvgIpc) is 1.95. The number of hydrogen-bond acceptors (Lipinski definition) is 1. The summed E-state index contributed by atoms with van der Waals surface area (Å²) in [4.78, 5) is 10.1. The first-order valence-electron chi connectivity index (χ1n) is 3.99. The van der Waals surface area contributed by atoms with Gasteiger partial charge in [-0.15, -0.1) is 0 Å². The second kappa shape index (κ2) is 4.88. The zero-order chi connectivity index (χ0) is 13.1. The van der Waals surface area contributed by atoms with E-state index in [0.717, 1.165) is 0 Å². The smallest absolute Gasteiger partial charge is 0.322 e. The molecule has 0 bridgehead atoms. The maximum Gasteiger partial charge on any atom is 0.406 e. The Bertz CT molecular complexity index is 228. The SMILES string of the molecule is CC(F)C(=O)N(CC(F)(F)F)CC(F)(F)F.